The lowest BCUT2D eigenvalue weighted by Crippen LogP contribution is -2.49. The third-order valence-electron chi connectivity index (χ3n) is 8.24. The van der Waals surface area contributed by atoms with Crippen LogP contribution in [0.4, 0.5) is 0 Å². The zero-order chi connectivity index (χ0) is 19.0. The molecule has 0 atom stereocenters. The number of hydrogen-bond donors (Lipinski definition) is 0. The summed E-state index contributed by atoms with van der Waals surface area (Å²) >= 11 is 0. The highest BCUT2D eigenvalue weighted by molar-refractivity contribution is 7.59. The Morgan fingerprint density at radius 3 is 1.33 bits per heavy atom. The number of hydrogen-bond acceptors (Lipinski definition) is 0. The molecule has 0 radical (unpaired) electrons. The third kappa shape index (κ3) is 6.46. The molecule has 0 aromatic heterocycles. The Kier molecular flexibility index (Phi) is 9.48. The van der Waals surface area contributed by atoms with Crippen molar-refractivity contribution in [2.24, 2.45) is 17.8 Å². The lowest BCUT2D eigenvalue weighted by molar-refractivity contribution is 0.0354. The fourth-order valence-corrected chi connectivity index (χ4v) is 11.1. The summed E-state index contributed by atoms with van der Waals surface area (Å²) < 4.78 is 0. The smallest absolute Gasteiger partial charge is 0.00865 e. The summed E-state index contributed by atoms with van der Waals surface area (Å²) in [5, 5.41) is 0.872. The van der Waals surface area contributed by atoms with E-state index in [9.17, 15) is 0 Å². The average Bonchev–Trinajstić information content (AvgIpc) is 2.64. The summed E-state index contributed by atoms with van der Waals surface area (Å²) in [5.74, 6) is 3.45. The van der Waals surface area contributed by atoms with E-state index in [1.165, 1.54) is 64.2 Å². The second-order valence-corrected chi connectivity index (χ2v) is 13.6. The van der Waals surface area contributed by atoms with Gasteiger partial charge in [-0.05, 0) is 86.6 Å². The fourth-order valence-electron chi connectivity index (χ4n) is 7.20. The Balaban J connectivity index is 1.48. The summed E-state index contributed by atoms with van der Waals surface area (Å²) in [6.45, 7) is 4.68. The first-order valence-corrected chi connectivity index (χ1v) is 14.7. The first-order chi connectivity index (χ1) is 13.3. The molecule has 0 heterocycles. The van der Waals surface area contributed by atoms with Gasteiger partial charge in [0, 0.05) is 0 Å². The minimum atomic E-state index is 0.316. The predicted octanol–water partition coefficient (Wildman–Crippen LogP) is 9.16. The molecule has 4 aliphatic carbocycles. The maximum atomic E-state index is 2.34. The van der Waals surface area contributed by atoms with E-state index in [1.54, 1.807) is 63.7 Å². The van der Waals surface area contributed by atoms with Crippen LogP contribution < -0.4 is 0 Å². The molecule has 0 aliphatic heterocycles. The molecule has 158 valence electrons. The Bertz CT molecular complexity index is 350. The molecule has 0 aromatic rings. The van der Waals surface area contributed by atoms with E-state index < -0.39 is 0 Å². The minimum absolute atomic E-state index is 0.316. The number of unbranched alkanes of at least 4 members (excludes halogenated alkanes) is 10. The molecule has 4 aliphatic rings. The molecule has 0 nitrogen and oxygen atoms in total. The van der Waals surface area contributed by atoms with Crippen LogP contribution in [0.2, 0.25) is 0 Å². The molecule has 27 heavy (non-hydrogen) atoms. The molecule has 4 fully saturated rings. The minimum Gasteiger partial charge on any atom is -0.100 e. The van der Waals surface area contributed by atoms with Crippen molar-refractivity contribution in [2.75, 3.05) is 12.3 Å². The molecule has 0 aromatic carbocycles. The van der Waals surface area contributed by atoms with Crippen molar-refractivity contribution in [3.63, 3.8) is 0 Å². The number of rotatable bonds is 15. The van der Waals surface area contributed by atoms with Crippen LogP contribution in [-0.4, -0.2) is 17.5 Å². The van der Waals surface area contributed by atoms with E-state index in [0.717, 1.165) is 22.9 Å². The lowest BCUT2D eigenvalue weighted by Gasteiger charge is -2.60. The molecular formula is C26H49P. The topological polar surface area (TPSA) is 0 Å². The molecule has 0 saturated heterocycles. The summed E-state index contributed by atoms with van der Waals surface area (Å²) in [5.41, 5.74) is 0. The first-order valence-electron chi connectivity index (χ1n) is 13.0. The molecule has 4 saturated carbocycles. The van der Waals surface area contributed by atoms with Gasteiger partial charge in [-0.3, -0.25) is 0 Å². The van der Waals surface area contributed by atoms with Crippen LogP contribution in [0.1, 0.15) is 129 Å². The summed E-state index contributed by atoms with van der Waals surface area (Å²) in [7, 11) is 0.316. The second-order valence-electron chi connectivity index (χ2n) is 10.7. The summed E-state index contributed by atoms with van der Waals surface area (Å²) in [6.07, 6.45) is 31.0. The van der Waals surface area contributed by atoms with Gasteiger partial charge in [-0.25, -0.2) is 0 Å². The van der Waals surface area contributed by atoms with E-state index >= 15 is 0 Å². The molecule has 0 spiro atoms. The van der Waals surface area contributed by atoms with Crippen molar-refractivity contribution in [3.8, 4) is 0 Å². The molecule has 4 rings (SSSR count). The first kappa shape index (κ1) is 22.1. The van der Waals surface area contributed by atoms with E-state index in [-0.39, 0.29) is 0 Å². The zero-order valence-corrected chi connectivity index (χ0v) is 19.7. The van der Waals surface area contributed by atoms with Gasteiger partial charge in [0.1, 0.15) is 0 Å². The van der Waals surface area contributed by atoms with Gasteiger partial charge in [0.05, 0.1) is 0 Å². The molecule has 4 bridgehead atoms. The second kappa shape index (κ2) is 11.6. The maximum Gasteiger partial charge on any atom is -0.00865 e. The standard InChI is InChI=1S/C26H49P/c1-3-5-7-9-11-13-15-27(16-14-12-10-8-6-4-2)26-20-23-17-24(21-26)19-25(18-23)22-26/h23-25H,3-22H2,1-2H3. The van der Waals surface area contributed by atoms with Gasteiger partial charge in [0.25, 0.3) is 0 Å². The van der Waals surface area contributed by atoms with Crippen LogP contribution >= 0.6 is 7.92 Å². The quantitative estimate of drug-likeness (QED) is 0.192. The summed E-state index contributed by atoms with van der Waals surface area (Å²) in [4.78, 5) is 0. The van der Waals surface area contributed by atoms with Gasteiger partial charge >= 0.3 is 0 Å². The highest BCUT2D eigenvalue weighted by atomic mass is 31.1. The predicted molar refractivity (Wildman–Crippen MR) is 124 cm³/mol. The molecule has 1 heteroatoms. The molecule has 0 unspecified atom stereocenters. The highest BCUT2D eigenvalue weighted by Crippen LogP contribution is 2.69. The largest absolute Gasteiger partial charge is 0.100 e. The SMILES string of the molecule is CCCCCCCCP(CCCCCCCC)C12CC3CC(CC(C3)C1)C2. The lowest BCUT2D eigenvalue weighted by atomic mass is 9.56. The van der Waals surface area contributed by atoms with E-state index in [1.807, 2.05) is 0 Å². The van der Waals surface area contributed by atoms with Crippen LogP contribution in [0.15, 0.2) is 0 Å². The zero-order valence-electron chi connectivity index (χ0n) is 18.8. The molecular weight excluding hydrogens is 343 g/mol. The van der Waals surface area contributed by atoms with Crippen LogP contribution in [0.3, 0.4) is 0 Å². The van der Waals surface area contributed by atoms with Gasteiger partial charge < -0.3 is 0 Å². The van der Waals surface area contributed by atoms with Crippen molar-refractivity contribution in [1.82, 2.24) is 0 Å². The van der Waals surface area contributed by atoms with Gasteiger partial charge in [0.15, 0.2) is 0 Å². The van der Waals surface area contributed by atoms with Crippen LogP contribution in [0, 0.1) is 17.8 Å². The van der Waals surface area contributed by atoms with Crippen molar-refractivity contribution < 1.29 is 0 Å². The van der Waals surface area contributed by atoms with E-state index in [2.05, 4.69) is 13.8 Å². The summed E-state index contributed by atoms with van der Waals surface area (Å²) in [6, 6.07) is 0. The van der Waals surface area contributed by atoms with Gasteiger partial charge in [-0.1, -0.05) is 78.1 Å². The average molecular weight is 393 g/mol. The van der Waals surface area contributed by atoms with Crippen molar-refractivity contribution in [3.05, 3.63) is 0 Å². The van der Waals surface area contributed by atoms with Gasteiger partial charge in [0.2, 0.25) is 0 Å². The van der Waals surface area contributed by atoms with Crippen molar-refractivity contribution in [2.45, 2.75) is 135 Å². The van der Waals surface area contributed by atoms with Gasteiger partial charge in [-0.2, -0.15) is 0 Å². The fraction of sp³-hybridized carbons (Fsp3) is 1.00. The molecule has 0 amide bonds. The third-order valence-corrected chi connectivity index (χ3v) is 11.8. The van der Waals surface area contributed by atoms with Gasteiger partial charge in [-0.15, -0.1) is 7.92 Å². The van der Waals surface area contributed by atoms with E-state index in [0.29, 0.717) is 7.92 Å². The normalized spacial score (nSPS) is 31.9. The molecule has 0 N–H and O–H groups in total. The monoisotopic (exact) mass is 392 g/mol. The Labute approximate surface area is 172 Å². The van der Waals surface area contributed by atoms with Crippen LogP contribution in [0.5, 0.6) is 0 Å². The maximum absolute atomic E-state index is 2.34. The van der Waals surface area contributed by atoms with E-state index in [4.69, 9.17) is 0 Å². The van der Waals surface area contributed by atoms with Crippen LogP contribution in [0.25, 0.3) is 0 Å². The Morgan fingerprint density at radius 2 is 0.926 bits per heavy atom. The highest BCUT2D eigenvalue weighted by Gasteiger charge is 2.53. The van der Waals surface area contributed by atoms with Crippen LogP contribution in [-0.2, 0) is 0 Å². The van der Waals surface area contributed by atoms with Crippen molar-refractivity contribution in [1.29, 1.82) is 0 Å². The van der Waals surface area contributed by atoms with Crippen molar-refractivity contribution >= 4 is 7.92 Å². The Morgan fingerprint density at radius 1 is 0.556 bits per heavy atom. The Hall–Kier alpha value is 0.430.